The lowest BCUT2D eigenvalue weighted by Crippen LogP contribution is -2.46. The third kappa shape index (κ3) is 5.55. The molecule has 2 N–H and O–H groups in total. The van der Waals surface area contributed by atoms with Crippen LogP contribution in [-0.2, 0) is 13.2 Å². The minimum atomic E-state index is -0.219. The van der Waals surface area contributed by atoms with Crippen molar-refractivity contribution in [2.45, 2.75) is 50.8 Å². The first-order chi connectivity index (χ1) is 23.6. The van der Waals surface area contributed by atoms with Gasteiger partial charge in [-0.2, -0.15) is 0 Å². The second-order valence-electron chi connectivity index (χ2n) is 13.7. The van der Waals surface area contributed by atoms with Gasteiger partial charge < -0.3 is 19.7 Å². The van der Waals surface area contributed by atoms with Gasteiger partial charge in [0.1, 0.15) is 18.0 Å². The molecule has 3 aromatic heterocycles. The fourth-order valence-corrected chi connectivity index (χ4v) is 7.54. The Balaban J connectivity index is 0.986. The summed E-state index contributed by atoms with van der Waals surface area (Å²) in [6, 6.07) is 21.0. The molecule has 1 amide bonds. The first-order valence-corrected chi connectivity index (χ1v) is 17.3. The molecule has 9 nitrogen and oxygen atoms in total. The summed E-state index contributed by atoms with van der Waals surface area (Å²) in [5.41, 5.74) is 8.69. The van der Waals surface area contributed by atoms with E-state index >= 15 is 0 Å². The number of hydrogen-bond acceptors (Lipinski definition) is 7. The molecule has 5 heterocycles. The van der Waals surface area contributed by atoms with Crippen LogP contribution in [0.2, 0.25) is 0 Å². The van der Waals surface area contributed by atoms with Crippen LogP contribution in [0.5, 0.6) is 5.75 Å². The first kappa shape index (κ1) is 29.6. The highest BCUT2D eigenvalue weighted by molar-refractivity contribution is 6.09. The van der Waals surface area contributed by atoms with Crippen LogP contribution in [0.3, 0.4) is 0 Å². The van der Waals surface area contributed by atoms with Crippen LogP contribution < -0.4 is 9.64 Å². The summed E-state index contributed by atoms with van der Waals surface area (Å²) in [6.45, 7) is 6.03. The molecule has 2 aromatic carbocycles. The highest BCUT2D eigenvalue weighted by Gasteiger charge is 2.32. The zero-order chi connectivity index (χ0) is 32.2. The van der Waals surface area contributed by atoms with Crippen LogP contribution in [0.25, 0.3) is 33.5 Å². The van der Waals surface area contributed by atoms with E-state index in [1.54, 1.807) is 11.1 Å². The molecule has 9 rings (SSSR count). The topological polar surface area (TPSA) is 97.8 Å². The summed E-state index contributed by atoms with van der Waals surface area (Å²) in [6.07, 6.45) is 8.90. The molecule has 3 fully saturated rings. The van der Waals surface area contributed by atoms with Crippen molar-refractivity contribution in [3.05, 3.63) is 95.3 Å². The average molecular weight is 641 g/mol. The van der Waals surface area contributed by atoms with E-state index in [1.165, 1.54) is 49.9 Å². The molecule has 48 heavy (non-hydrogen) atoms. The van der Waals surface area contributed by atoms with E-state index in [2.05, 4.69) is 44.0 Å². The number of pyridine rings is 2. The minimum absolute atomic E-state index is 0.115. The number of carbonyl (C=O) groups is 1. The van der Waals surface area contributed by atoms with E-state index in [9.17, 15) is 9.90 Å². The quantitative estimate of drug-likeness (QED) is 0.215. The molecular formula is C39H40N6O3. The van der Waals surface area contributed by atoms with Crippen molar-refractivity contribution in [1.29, 1.82) is 0 Å². The van der Waals surface area contributed by atoms with Gasteiger partial charge in [0.2, 0.25) is 0 Å². The number of ether oxygens (including phenoxy) is 1. The first-order valence-electron chi connectivity index (χ1n) is 17.3. The second-order valence-corrected chi connectivity index (χ2v) is 13.7. The van der Waals surface area contributed by atoms with Gasteiger partial charge in [-0.25, -0.2) is 4.98 Å². The molecule has 0 atom stereocenters. The van der Waals surface area contributed by atoms with Crippen molar-refractivity contribution in [2.24, 2.45) is 0 Å². The summed E-state index contributed by atoms with van der Waals surface area (Å²) in [4.78, 5) is 33.8. The minimum Gasteiger partial charge on any atom is -0.491 e. The number of aliphatic hydroxyl groups excluding tert-OH is 1. The van der Waals surface area contributed by atoms with Crippen LogP contribution >= 0.6 is 0 Å². The normalized spacial score (nSPS) is 18.9. The lowest BCUT2D eigenvalue weighted by Gasteiger charge is -2.34. The second kappa shape index (κ2) is 12.1. The third-order valence-electron chi connectivity index (χ3n) is 10.5. The summed E-state index contributed by atoms with van der Waals surface area (Å²) in [5, 5.41) is 11.7. The number of nitrogens with zero attached hydrogens (tertiary/aromatic N) is 5. The average Bonchev–Trinajstić information content (AvgIpc) is 4.06. The molecule has 2 saturated carbocycles. The Morgan fingerprint density at radius 3 is 2.52 bits per heavy atom. The summed E-state index contributed by atoms with van der Waals surface area (Å²) in [5.74, 6) is 1.11. The van der Waals surface area contributed by atoms with E-state index in [4.69, 9.17) is 9.72 Å². The maximum absolute atomic E-state index is 13.9. The maximum atomic E-state index is 13.9. The van der Waals surface area contributed by atoms with Crippen LogP contribution in [-0.4, -0.2) is 81.1 Å². The largest absolute Gasteiger partial charge is 0.491 e. The number of rotatable bonds is 8. The zero-order valence-electron chi connectivity index (χ0n) is 27.1. The van der Waals surface area contributed by atoms with Crippen LogP contribution in [0.15, 0.2) is 73.1 Å². The number of H-pyrrole nitrogens is 1. The Morgan fingerprint density at radius 1 is 0.875 bits per heavy atom. The molecule has 9 heteroatoms. The van der Waals surface area contributed by atoms with Gasteiger partial charge >= 0.3 is 0 Å². The van der Waals surface area contributed by atoms with Gasteiger partial charge in [-0.1, -0.05) is 24.3 Å². The number of carbonyl (C=O) groups excluding carboxylic acids is 1. The number of aliphatic hydroxyl groups is 1. The van der Waals surface area contributed by atoms with Gasteiger partial charge in [0.15, 0.2) is 0 Å². The van der Waals surface area contributed by atoms with Crippen LogP contribution in [0.1, 0.15) is 58.6 Å². The Kier molecular flexibility index (Phi) is 7.48. The lowest BCUT2D eigenvalue weighted by molar-refractivity contribution is 0.0989. The van der Waals surface area contributed by atoms with Crippen molar-refractivity contribution in [3.63, 3.8) is 0 Å². The Labute approximate surface area is 280 Å². The smallest absolute Gasteiger partial charge is 0.262 e. The lowest BCUT2D eigenvalue weighted by atomic mass is 9.96. The number of fused-ring (bicyclic) bond motifs is 2. The van der Waals surface area contributed by atoms with Gasteiger partial charge in [-0.3, -0.25) is 19.6 Å². The number of anilines is 1. The maximum Gasteiger partial charge on any atom is 0.262 e. The van der Waals surface area contributed by atoms with Gasteiger partial charge in [0.25, 0.3) is 5.91 Å². The van der Waals surface area contributed by atoms with E-state index in [1.807, 2.05) is 42.6 Å². The summed E-state index contributed by atoms with van der Waals surface area (Å²) in [7, 11) is 0. The standard InChI is InChI=1S/C39H40N6O3/c46-24-33-29(2-1-3-36(33)45-18-19-48-37-20-27(26-5-6-26)7-10-31(37)39(45)47)30-12-13-40-38-32(30)21-35(42-38)34-11-4-25(22-41-34)23-43-14-16-44(17-15-43)28-8-9-28/h1-4,7,10-13,20-22,26,28,46H,5-6,8-9,14-19,23-24H2,(H,40,42). The molecule has 0 radical (unpaired) electrons. The van der Waals surface area contributed by atoms with Gasteiger partial charge in [0.05, 0.1) is 35.8 Å². The number of hydrogen-bond donors (Lipinski definition) is 2. The van der Waals surface area contributed by atoms with Crippen molar-refractivity contribution in [2.75, 3.05) is 44.2 Å². The van der Waals surface area contributed by atoms with Crippen LogP contribution in [0, 0.1) is 0 Å². The molecule has 1 saturated heterocycles. The Morgan fingerprint density at radius 2 is 1.75 bits per heavy atom. The summed E-state index contributed by atoms with van der Waals surface area (Å²) < 4.78 is 6.09. The zero-order valence-corrected chi connectivity index (χ0v) is 27.1. The predicted octanol–water partition coefficient (Wildman–Crippen LogP) is 5.98. The molecule has 0 bridgehead atoms. The fraction of sp³-hybridized carbons (Fsp3) is 0.359. The molecule has 4 aliphatic rings. The monoisotopic (exact) mass is 640 g/mol. The fourth-order valence-electron chi connectivity index (χ4n) is 7.54. The van der Waals surface area contributed by atoms with E-state index in [0.717, 1.165) is 59.2 Å². The van der Waals surface area contributed by atoms with E-state index in [0.29, 0.717) is 41.6 Å². The molecule has 2 aliphatic heterocycles. The molecule has 2 aliphatic carbocycles. The Bertz CT molecular complexity index is 1990. The number of aromatic nitrogens is 3. The highest BCUT2D eigenvalue weighted by atomic mass is 16.5. The van der Waals surface area contributed by atoms with E-state index in [-0.39, 0.29) is 12.5 Å². The van der Waals surface area contributed by atoms with E-state index < -0.39 is 0 Å². The van der Waals surface area contributed by atoms with Gasteiger partial charge in [-0.15, -0.1) is 0 Å². The highest BCUT2D eigenvalue weighted by Crippen LogP contribution is 2.43. The van der Waals surface area contributed by atoms with Gasteiger partial charge in [0, 0.05) is 62.1 Å². The molecule has 5 aromatic rings. The molecule has 244 valence electrons. The van der Waals surface area contributed by atoms with Gasteiger partial charge in [-0.05, 0) is 90.3 Å². The predicted molar refractivity (Wildman–Crippen MR) is 186 cm³/mol. The van der Waals surface area contributed by atoms with Crippen molar-refractivity contribution in [3.8, 4) is 28.3 Å². The number of nitrogens with one attached hydrogen (secondary N) is 1. The summed E-state index contributed by atoms with van der Waals surface area (Å²) >= 11 is 0. The Hall–Kier alpha value is -4.57. The SMILES string of the molecule is O=C1c2ccc(C3CC3)cc2OCCN1c1cccc(-c2ccnc3[nH]c(-c4ccc(CN5CCN(C6CC6)CC5)cn4)cc23)c1CO. The number of amides is 1. The molecule has 0 unspecified atom stereocenters. The van der Waals surface area contributed by atoms with Crippen molar-refractivity contribution in [1.82, 2.24) is 24.8 Å². The number of benzene rings is 2. The number of aromatic amines is 1. The molecular weight excluding hydrogens is 600 g/mol. The van der Waals surface area contributed by atoms with Crippen molar-refractivity contribution >= 4 is 22.6 Å². The van der Waals surface area contributed by atoms with Crippen molar-refractivity contribution < 1.29 is 14.6 Å². The van der Waals surface area contributed by atoms with Crippen LogP contribution in [0.4, 0.5) is 5.69 Å². The number of piperazine rings is 1. The third-order valence-corrected chi connectivity index (χ3v) is 10.5. The molecule has 0 spiro atoms.